The highest BCUT2D eigenvalue weighted by Gasteiger charge is 2.28. The van der Waals surface area contributed by atoms with Crippen LogP contribution in [0.25, 0.3) is 16.9 Å². The lowest BCUT2D eigenvalue weighted by Crippen LogP contribution is -2.46. The molecule has 0 spiro atoms. The maximum absolute atomic E-state index is 12.8. The fraction of sp³-hybridized carbons (Fsp3) is 0.280. The maximum atomic E-state index is 12.8. The molecule has 2 N–H and O–H groups in total. The van der Waals surface area contributed by atoms with Crippen molar-refractivity contribution in [2.45, 2.75) is 25.8 Å². The van der Waals surface area contributed by atoms with E-state index in [4.69, 9.17) is 16.6 Å². The molecule has 1 aliphatic heterocycles. The van der Waals surface area contributed by atoms with Crippen LogP contribution in [-0.4, -0.2) is 49.6 Å². The van der Waals surface area contributed by atoms with Crippen LogP contribution in [0.3, 0.4) is 0 Å². The van der Waals surface area contributed by atoms with E-state index in [9.17, 15) is 4.79 Å². The van der Waals surface area contributed by atoms with E-state index in [1.165, 1.54) is 0 Å². The second-order valence-corrected chi connectivity index (χ2v) is 9.00. The van der Waals surface area contributed by atoms with E-state index in [1.54, 1.807) is 24.7 Å². The lowest BCUT2D eigenvalue weighted by Gasteiger charge is -2.36. The van der Waals surface area contributed by atoms with Crippen molar-refractivity contribution in [1.82, 2.24) is 24.4 Å². The van der Waals surface area contributed by atoms with Gasteiger partial charge in [0, 0.05) is 36.0 Å². The molecule has 8 nitrogen and oxygen atoms in total. The number of benzene rings is 2. The first-order valence-corrected chi connectivity index (χ1v) is 11.8. The Balaban J connectivity index is 1.25. The van der Waals surface area contributed by atoms with E-state index < -0.39 is 0 Å². The first-order chi connectivity index (χ1) is 16.6. The number of halogens is 1. The first-order valence-electron chi connectivity index (χ1n) is 11.4. The van der Waals surface area contributed by atoms with Crippen molar-refractivity contribution in [2.24, 2.45) is 5.92 Å². The van der Waals surface area contributed by atoms with Gasteiger partial charge >= 0.3 is 6.03 Å². The van der Waals surface area contributed by atoms with Crippen LogP contribution in [0.2, 0.25) is 5.02 Å². The Morgan fingerprint density at radius 1 is 1.15 bits per heavy atom. The number of fused-ring (bicyclic) bond motifs is 1. The zero-order valence-corrected chi connectivity index (χ0v) is 19.6. The minimum absolute atomic E-state index is 0.0940. The SMILES string of the molecule is CC(Nc1nccc(-n2cnc3ccccc32)n1)C1CCCN(C(=O)Nc2cccc(Cl)c2)C1. The maximum Gasteiger partial charge on any atom is 0.321 e. The van der Waals surface area contributed by atoms with E-state index in [0.717, 1.165) is 36.2 Å². The summed E-state index contributed by atoms with van der Waals surface area (Å²) >= 11 is 6.04. The number of piperidine rings is 1. The van der Waals surface area contributed by atoms with Gasteiger partial charge in [0.1, 0.15) is 12.1 Å². The topological polar surface area (TPSA) is 88.0 Å². The molecule has 1 aliphatic rings. The normalized spacial score (nSPS) is 16.9. The molecule has 1 fully saturated rings. The first kappa shape index (κ1) is 22.2. The number of aromatic nitrogens is 4. The van der Waals surface area contributed by atoms with Crippen LogP contribution < -0.4 is 10.6 Å². The lowest BCUT2D eigenvalue weighted by atomic mass is 9.92. The molecule has 0 bridgehead atoms. The van der Waals surface area contributed by atoms with Gasteiger partial charge in [0.2, 0.25) is 5.95 Å². The highest BCUT2D eigenvalue weighted by Crippen LogP contribution is 2.24. The predicted octanol–water partition coefficient (Wildman–Crippen LogP) is 5.21. The van der Waals surface area contributed by atoms with Crippen LogP contribution in [0.5, 0.6) is 0 Å². The average molecular weight is 476 g/mol. The molecule has 0 aliphatic carbocycles. The van der Waals surface area contributed by atoms with Crippen molar-refractivity contribution < 1.29 is 4.79 Å². The molecule has 2 atom stereocenters. The quantitative estimate of drug-likeness (QED) is 0.413. The molecule has 2 unspecified atom stereocenters. The molecule has 5 rings (SSSR count). The predicted molar refractivity (Wildman–Crippen MR) is 135 cm³/mol. The number of carbonyl (C=O) groups excluding carboxylic acids is 1. The molecule has 174 valence electrons. The van der Waals surface area contributed by atoms with E-state index in [-0.39, 0.29) is 18.0 Å². The Bertz CT molecular complexity index is 1310. The summed E-state index contributed by atoms with van der Waals surface area (Å²) in [5.41, 5.74) is 2.61. The third kappa shape index (κ3) is 4.82. The number of rotatable bonds is 5. The minimum Gasteiger partial charge on any atom is -0.351 e. The summed E-state index contributed by atoms with van der Waals surface area (Å²) in [7, 11) is 0. The second-order valence-electron chi connectivity index (χ2n) is 8.56. The fourth-order valence-electron chi connectivity index (χ4n) is 4.39. The van der Waals surface area contributed by atoms with Crippen molar-refractivity contribution in [3.8, 4) is 5.82 Å². The Morgan fingerprint density at radius 2 is 2.03 bits per heavy atom. The van der Waals surface area contributed by atoms with Gasteiger partial charge in [-0.15, -0.1) is 0 Å². The van der Waals surface area contributed by atoms with Gasteiger partial charge in [-0.25, -0.2) is 14.8 Å². The fourth-order valence-corrected chi connectivity index (χ4v) is 4.58. The van der Waals surface area contributed by atoms with Crippen LogP contribution in [0.1, 0.15) is 19.8 Å². The number of imidazole rings is 1. The third-order valence-electron chi connectivity index (χ3n) is 6.23. The number of likely N-dealkylation sites (tertiary alicyclic amines) is 1. The number of amides is 2. The highest BCUT2D eigenvalue weighted by molar-refractivity contribution is 6.30. The summed E-state index contributed by atoms with van der Waals surface area (Å²) in [5, 5.41) is 6.99. The van der Waals surface area contributed by atoms with Gasteiger partial charge in [0.15, 0.2) is 0 Å². The number of nitrogens with one attached hydrogen (secondary N) is 2. The Labute approximate surface area is 203 Å². The number of nitrogens with zero attached hydrogens (tertiary/aromatic N) is 5. The van der Waals surface area contributed by atoms with Crippen molar-refractivity contribution in [1.29, 1.82) is 0 Å². The standard InChI is InChI=1S/C25H26ClN7O/c1-17(18-6-5-13-32(15-18)25(34)30-20-8-4-7-19(26)14-20)29-24-27-12-11-23(31-24)33-16-28-21-9-2-3-10-22(21)33/h2-4,7-12,14,16-18H,5-6,13,15H2,1H3,(H,30,34)(H,27,29,31). The zero-order valence-electron chi connectivity index (χ0n) is 18.9. The molecule has 2 amide bonds. The Kier molecular flexibility index (Phi) is 6.31. The molecular formula is C25H26ClN7O. The van der Waals surface area contributed by atoms with Gasteiger partial charge in [-0.3, -0.25) is 4.57 Å². The number of anilines is 2. The number of urea groups is 1. The van der Waals surface area contributed by atoms with E-state index in [0.29, 0.717) is 23.2 Å². The van der Waals surface area contributed by atoms with Gasteiger partial charge in [-0.05, 0) is 62.1 Å². The van der Waals surface area contributed by atoms with E-state index in [1.807, 2.05) is 51.9 Å². The number of hydrogen-bond acceptors (Lipinski definition) is 5. The zero-order chi connectivity index (χ0) is 23.5. The Hall–Kier alpha value is -3.65. The molecular weight excluding hydrogens is 450 g/mol. The molecule has 2 aromatic heterocycles. The summed E-state index contributed by atoms with van der Waals surface area (Å²) in [4.78, 5) is 28.3. The number of hydrogen-bond donors (Lipinski definition) is 2. The molecule has 9 heteroatoms. The van der Waals surface area contributed by atoms with Crippen molar-refractivity contribution in [3.63, 3.8) is 0 Å². The lowest BCUT2D eigenvalue weighted by molar-refractivity contribution is 0.172. The van der Waals surface area contributed by atoms with Crippen molar-refractivity contribution in [3.05, 3.63) is 72.1 Å². The monoisotopic (exact) mass is 475 g/mol. The minimum atomic E-state index is -0.107. The summed E-state index contributed by atoms with van der Waals surface area (Å²) in [6, 6.07) is 17.0. The van der Waals surface area contributed by atoms with Gasteiger partial charge in [0.05, 0.1) is 11.0 Å². The van der Waals surface area contributed by atoms with Gasteiger partial charge in [-0.2, -0.15) is 4.98 Å². The van der Waals surface area contributed by atoms with Crippen LogP contribution in [0.15, 0.2) is 67.1 Å². The second kappa shape index (κ2) is 9.69. The molecule has 1 saturated heterocycles. The van der Waals surface area contributed by atoms with Crippen molar-refractivity contribution in [2.75, 3.05) is 23.7 Å². The summed E-state index contributed by atoms with van der Waals surface area (Å²) in [6.07, 6.45) is 5.50. The number of para-hydroxylation sites is 2. The average Bonchev–Trinajstić information content (AvgIpc) is 3.29. The van der Waals surface area contributed by atoms with E-state index in [2.05, 4.69) is 27.5 Å². The van der Waals surface area contributed by atoms with Gasteiger partial charge in [0.25, 0.3) is 0 Å². The van der Waals surface area contributed by atoms with Crippen molar-refractivity contribution >= 4 is 40.3 Å². The molecule has 0 radical (unpaired) electrons. The molecule has 0 saturated carbocycles. The summed E-state index contributed by atoms with van der Waals surface area (Å²) in [6.45, 7) is 3.51. The van der Waals surface area contributed by atoms with Gasteiger partial charge in [-0.1, -0.05) is 29.8 Å². The molecule has 2 aromatic carbocycles. The highest BCUT2D eigenvalue weighted by atomic mass is 35.5. The smallest absolute Gasteiger partial charge is 0.321 e. The molecule has 34 heavy (non-hydrogen) atoms. The van der Waals surface area contributed by atoms with Crippen LogP contribution in [0.4, 0.5) is 16.4 Å². The van der Waals surface area contributed by atoms with Crippen LogP contribution in [-0.2, 0) is 0 Å². The molecule has 4 aromatic rings. The molecule has 3 heterocycles. The van der Waals surface area contributed by atoms with Crippen LogP contribution in [0, 0.1) is 5.92 Å². The number of carbonyl (C=O) groups is 1. The van der Waals surface area contributed by atoms with E-state index >= 15 is 0 Å². The van der Waals surface area contributed by atoms with Gasteiger partial charge < -0.3 is 15.5 Å². The largest absolute Gasteiger partial charge is 0.351 e. The van der Waals surface area contributed by atoms with Crippen LogP contribution >= 0.6 is 11.6 Å². The Morgan fingerprint density at radius 3 is 2.91 bits per heavy atom. The summed E-state index contributed by atoms with van der Waals surface area (Å²) in [5.74, 6) is 1.59. The third-order valence-corrected chi connectivity index (χ3v) is 6.46. The summed E-state index contributed by atoms with van der Waals surface area (Å²) < 4.78 is 1.95.